The SMILES string of the molecule is C[n+]1cc(NC=O)n([C@@H]2O[C@H](CO[Si](C)(C)C(C)(C)C)[C@H]3OC(C)(C)O[C@H]32)c1.[I-]. The minimum absolute atomic E-state index is 0. The van der Waals surface area contributed by atoms with E-state index in [0.717, 1.165) is 0 Å². The zero-order valence-electron chi connectivity index (χ0n) is 18.6. The molecule has 1 aromatic rings. The van der Waals surface area contributed by atoms with Crippen LogP contribution in [0, 0.1) is 0 Å². The topological polar surface area (TPSA) is 74.8 Å². The maximum Gasteiger partial charge on any atom is 0.247 e. The molecular formula is C19H34IN3O5Si. The van der Waals surface area contributed by atoms with E-state index in [4.69, 9.17) is 18.6 Å². The van der Waals surface area contributed by atoms with Crippen LogP contribution < -0.4 is 33.9 Å². The van der Waals surface area contributed by atoms with Crippen LogP contribution in [0.15, 0.2) is 12.5 Å². The van der Waals surface area contributed by atoms with Gasteiger partial charge in [0.05, 0.1) is 13.7 Å². The molecule has 2 fully saturated rings. The van der Waals surface area contributed by atoms with Crippen LogP contribution in [0.5, 0.6) is 0 Å². The number of ether oxygens (including phenoxy) is 3. The molecule has 0 saturated carbocycles. The highest BCUT2D eigenvalue weighted by Crippen LogP contribution is 2.44. The van der Waals surface area contributed by atoms with Crippen LogP contribution in [0.1, 0.15) is 40.8 Å². The number of imidazole rings is 1. The van der Waals surface area contributed by atoms with Gasteiger partial charge in [0, 0.05) is 0 Å². The molecule has 8 nitrogen and oxygen atoms in total. The average Bonchev–Trinajstić information content (AvgIpc) is 3.15. The maximum absolute atomic E-state index is 11.0. The summed E-state index contributed by atoms with van der Waals surface area (Å²) in [5.74, 6) is -0.0549. The van der Waals surface area contributed by atoms with Crippen molar-refractivity contribution in [2.75, 3.05) is 11.9 Å². The van der Waals surface area contributed by atoms with Crippen molar-refractivity contribution in [2.24, 2.45) is 7.05 Å². The molecule has 2 saturated heterocycles. The lowest BCUT2D eigenvalue weighted by Gasteiger charge is -2.37. The van der Waals surface area contributed by atoms with Gasteiger partial charge in [0.15, 0.2) is 26.4 Å². The van der Waals surface area contributed by atoms with Gasteiger partial charge in [-0.3, -0.25) is 10.1 Å². The molecule has 3 heterocycles. The van der Waals surface area contributed by atoms with Crippen LogP contribution in [0.3, 0.4) is 0 Å². The second-order valence-electron chi connectivity index (χ2n) is 9.67. The summed E-state index contributed by atoms with van der Waals surface area (Å²) in [6, 6.07) is 0. The largest absolute Gasteiger partial charge is 1.00 e. The predicted molar refractivity (Wildman–Crippen MR) is 106 cm³/mol. The maximum atomic E-state index is 11.0. The van der Waals surface area contributed by atoms with Gasteiger partial charge in [0.1, 0.15) is 12.2 Å². The van der Waals surface area contributed by atoms with Crippen molar-refractivity contribution >= 4 is 20.5 Å². The molecule has 1 N–H and O–H groups in total. The van der Waals surface area contributed by atoms with Crippen molar-refractivity contribution in [3.63, 3.8) is 0 Å². The molecule has 3 rings (SSSR count). The van der Waals surface area contributed by atoms with E-state index in [1.807, 2.05) is 42.6 Å². The second-order valence-corrected chi connectivity index (χ2v) is 14.5. The molecule has 2 aliphatic rings. The molecule has 0 aliphatic carbocycles. The number of halogens is 1. The summed E-state index contributed by atoms with van der Waals surface area (Å²) in [6.45, 7) is 15.4. The van der Waals surface area contributed by atoms with Gasteiger partial charge < -0.3 is 42.6 Å². The van der Waals surface area contributed by atoms with E-state index in [2.05, 4.69) is 39.2 Å². The summed E-state index contributed by atoms with van der Waals surface area (Å²) in [5.41, 5.74) is 0. The van der Waals surface area contributed by atoms with Crippen LogP contribution in [-0.2, 0) is 30.5 Å². The van der Waals surface area contributed by atoms with E-state index >= 15 is 0 Å². The van der Waals surface area contributed by atoms with Gasteiger partial charge in [-0.1, -0.05) is 20.8 Å². The number of hydrogen-bond acceptors (Lipinski definition) is 5. The third-order valence-electron chi connectivity index (χ3n) is 5.93. The fourth-order valence-corrected chi connectivity index (χ4v) is 4.46. The predicted octanol–water partition coefficient (Wildman–Crippen LogP) is -0.676. The molecule has 166 valence electrons. The molecule has 10 heteroatoms. The summed E-state index contributed by atoms with van der Waals surface area (Å²) in [7, 11) is -0.0231. The third-order valence-corrected chi connectivity index (χ3v) is 10.4. The van der Waals surface area contributed by atoms with Crippen molar-refractivity contribution in [1.82, 2.24) is 4.57 Å². The summed E-state index contributed by atoms with van der Waals surface area (Å²) in [4.78, 5) is 11.0. The highest BCUT2D eigenvalue weighted by Gasteiger charge is 2.58. The molecule has 4 atom stereocenters. The average molecular weight is 539 g/mol. The zero-order chi connectivity index (χ0) is 20.9. The zero-order valence-corrected chi connectivity index (χ0v) is 21.7. The first-order valence-corrected chi connectivity index (χ1v) is 12.7. The van der Waals surface area contributed by atoms with Gasteiger partial charge in [-0.05, 0) is 32.0 Å². The first-order valence-electron chi connectivity index (χ1n) is 9.77. The van der Waals surface area contributed by atoms with E-state index in [1.165, 1.54) is 0 Å². The first kappa shape index (κ1) is 24.7. The number of hydrogen-bond donors (Lipinski definition) is 1. The molecule has 2 aliphatic heterocycles. The van der Waals surface area contributed by atoms with E-state index < -0.39 is 20.3 Å². The van der Waals surface area contributed by atoms with Gasteiger partial charge in [-0.2, -0.15) is 4.57 Å². The Bertz CT molecular complexity index is 734. The Hall–Kier alpha value is -0.533. The Kier molecular flexibility index (Phi) is 7.28. The Morgan fingerprint density at radius 1 is 1.31 bits per heavy atom. The Balaban J connectivity index is 0.00000300. The molecule has 0 radical (unpaired) electrons. The molecule has 1 aromatic heterocycles. The third kappa shape index (κ3) is 5.04. The van der Waals surface area contributed by atoms with Gasteiger partial charge in [0.25, 0.3) is 0 Å². The van der Waals surface area contributed by atoms with Crippen molar-refractivity contribution in [3.05, 3.63) is 12.5 Å². The Labute approximate surface area is 191 Å². The number of anilines is 1. The molecule has 0 aromatic carbocycles. The van der Waals surface area contributed by atoms with Crippen LogP contribution in [0.4, 0.5) is 5.82 Å². The number of rotatable bonds is 6. The molecule has 0 bridgehead atoms. The first-order chi connectivity index (χ1) is 12.8. The van der Waals surface area contributed by atoms with Crippen molar-refractivity contribution in [3.8, 4) is 0 Å². The van der Waals surface area contributed by atoms with E-state index in [9.17, 15) is 4.79 Å². The van der Waals surface area contributed by atoms with Crippen molar-refractivity contribution in [2.45, 2.75) is 83.1 Å². The van der Waals surface area contributed by atoms with Crippen LogP contribution >= 0.6 is 0 Å². The van der Waals surface area contributed by atoms with Gasteiger partial charge >= 0.3 is 0 Å². The number of fused-ring (bicyclic) bond motifs is 1. The van der Waals surface area contributed by atoms with Gasteiger partial charge in [-0.15, -0.1) is 0 Å². The molecule has 0 spiro atoms. The van der Waals surface area contributed by atoms with E-state index in [0.29, 0.717) is 18.8 Å². The lowest BCUT2D eigenvalue weighted by atomic mass is 10.1. The summed E-state index contributed by atoms with van der Waals surface area (Å²) in [6.07, 6.45) is 3.17. The van der Waals surface area contributed by atoms with Crippen LogP contribution in [0.2, 0.25) is 18.1 Å². The minimum Gasteiger partial charge on any atom is -1.00 e. The number of nitrogens with zero attached hydrogens (tertiary/aromatic N) is 2. The van der Waals surface area contributed by atoms with E-state index in [1.54, 1.807) is 0 Å². The Morgan fingerprint density at radius 3 is 2.52 bits per heavy atom. The second kappa shape index (κ2) is 8.54. The van der Waals surface area contributed by atoms with E-state index in [-0.39, 0.29) is 47.3 Å². The van der Waals surface area contributed by atoms with Crippen LogP contribution in [-0.4, -0.2) is 50.0 Å². The summed E-state index contributed by atoms with van der Waals surface area (Å²) >= 11 is 0. The quantitative estimate of drug-likeness (QED) is 0.225. The van der Waals surface area contributed by atoms with Crippen molar-refractivity contribution in [1.29, 1.82) is 0 Å². The molecule has 0 unspecified atom stereocenters. The van der Waals surface area contributed by atoms with Crippen LogP contribution in [0.25, 0.3) is 0 Å². The summed E-state index contributed by atoms with van der Waals surface area (Å²) in [5, 5.41) is 2.84. The normalized spacial score (nSPS) is 28.7. The molecule has 1 amide bonds. The summed E-state index contributed by atoms with van der Waals surface area (Å²) < 4.78 is 28.9. The number of amides is 1. The lowest BCUT2D eigenvalue weighted by molar-refractivity contribution is -0.671. The van der Waals surface area contributed by atoms with Crippen molar-refractivity contribution < 1.29 is 52.0 Å². The molecular weight excluding hydrogens is 505 g/mol. The number of carbonyl (C=O) groups excluding carboxylic acids is 1. The standard InChI is InChI=1S/C19H33N3O5Si.HI/c1-18(2,3)28(7,8)24-10-13-15-16(27-19(4,5)26-15)17(25-13)22-12-21(6)9-14(22)20-11-23;/h9,11-13,15-17H,10H2,1-8H3;1H/t13-,15-,16-,17-;/m1./s1. The number of aromatic nitrogens is 2. The highest BCUT2D eigenvalue weighted by molar-refractivity contribution is 6.74. The monoisotopic (exact) mass is 539 g/mol. The lowest BCUT2D eigenvalue weighted by Crippen LogP contribution is -3.00. The number of carbonyl (C=O) groups is 1. The number of nitrogens with one attached hydrogen (secondary N) is 1. The minimum atomic E-state index is -1.92. The fraction of sp³-hybridized carbons (Fsp3) is 0.789. The Morgan fingerprint density at radius 2 is 1.93 bits per heavy atom. The fourth-order valence-electron chi connectivity index (χ4n) is 3.45. The van der Waals surface area contributed by atoms with Gasteiger partial charge in [0.2, 0.25) is 24.8 Å². The highest BCUT2D eigenvalue weighted by atomic mass is 127. The molecule has 29 heavy (non-hydrogen) atoms. The van der Waals surface area contributed by atoms with Gasteiger partial charge in [-0.25, -0.2) is 4.57 Å². The smallest absolute Gasteiger partial charge is 0.247 e. The number of aryl methyl sites for hydroxylation is 1.